The number of aliphatic carboxylic acids is 1. The summed E-state index contributed by atoms with van der Waals surface area (Å²) in [5, 5.41) is 21.6. The maximum Gasteiger partial charge on any atom is 0.306 e. The summed E-state index contributed by atoms with van der Waals surface area (Å²) >= 11 is 2.91. The van der Waals surface area contributed by atoms with Crippen LogP contribution in [-0.4, -0.2) is 57.0 Å². The van der Waals surface area contributed by atoms with Crippen LogP contribution in [-0.2, 0) is 9.59 Å². The molecule has 2 heterocycles. The first-order valence-corrected chi connectivity index (χ1v) is 10.7. The smallest absolute Gasteiger partial charge is 0.306 e. The number of hydrogen-bond acceptors (Lipinski definition) is 7. The van der Waals surface area contributed by atoms with Gasteiger partial charge in [-0.1, -0.05) is 42.4 Å². The van der Waals surface area contributed by atoms with E-state index in [-0.39, 0.29) is 11.8 Å². The number of carbonyl (C=O) groups is 2. The Morgan fingerprint density at radius 3 is 2.56 bits per heavy atom. The third kappa shape index (κ3) is 5.31. The number of carbonyl (C=O) groups excluding carboxylic acids is 1. The van der Waals surface area contributed by atoms with Gasteiger partial charge in [0.25, 0.3) is 0 Å². The van der Waals surface area contributed by atoms with Gasteiger partial charge in [0.05, 0.1) is 11.7 Å². The first kappa shape index (κ1) is 18.4. The number of rotatable bonds is 6. The predicted octanol–water partition coefficient (Wildman–Crippen LogP) is 2.70. The SMILES string of the molecule is O=C(O)C1CCN(C(=O)CSc2nnc(NC3CCCCC3)s2)CC1. The monoisotopic (exact) mass is 384 g/mol. The number of piperidine rings is 1. The number of amides is 1. The molecule has 1 aromatic rings. The lowest BCUT2D eigenvalue weighted by molar-refractivity contribution is -0.145. The van der Waals surface area contributed by atoms with Crippen molar-refractivity contribution in [2.24, 2.45) is 5.92 Å². The van der Waals surface area contributed by atoms with Gasteiger partial charge in [-0.15, -0.1) is 10.2 Å². The molecule has 1 amide bonds. The number of hydrogen-bond donors (Lipinski definition) is 2. The van der Waals surface area contributed by atoms with E-state index in [2.05, 4.69) is 15.5 Å². The summed E-state index contributed by atoms with van der Waals surface area (Å²) in [7, 11) is 0. The second-order valence-electron chi connectivity index (χ2n) is 6.63. The maximum absolute atomic E-state index is 12.3. The molecule has 7 nitrogen and oxygen atoms in total. The molecule has 2 aliphatic rings. The number of anilines is 1. The summed E-state index contributed by atoms with van der Waals surface area (Å²) < 4.78 is 0.798. The highest BCUT2D eigenvalue weighted by atomic mass is 32.2. The van der Waals surface area contributed by atoms with E-state index in [1.54, 1.807) is 4.90 Å². The van der Waals surface area contributed by atoms with Gasteiger partial charge in [0.1, 0.15) is 0 Å². The average molecular weight is 385 g/mol. The van der Waals surface area contributed by atoms with Crippen LogP contribution in [0.4, 0.5) is 5.13 Å². The molecule has 1 aromatic heterocycles. The fourth-order valence-electron chi connectivity index (χ4n) is 3.34. The molecule has 1 saturated carbocycles. The number of nitrogens with one attached hydrogen (secondary N) is 1. The molecular weight excluding hydrogens is 360 g/mol. The molecule has 0 aromatic carbocycles. The Balaban J connectivity index is 1.41. The van der Waals surface area contributed by atoms with Crippen molar-refractivity contribution in [2.75, 3.05) is 24.2 Å². The van der Waals surface area contributed by atoms with Crippen molar-refractivity contribution >= 4 is 40.1 Å². The molecule has 9 heteroatoms. The molecule has 0 unspecified atom stereocenters. The van der Waals surface area contributed by atoms with Gasteiger partial charge in [-0.2, -0.15) is 0 Å². The van der Waals surface area contributed by atoms with Crippen LogP contribution in [0.1, 0.15) is 44.9 Å². The van der Waals surface area contributed by atoms with Crippen molar-refractivity contribution in [1.29, 1.82) is 0 Å². The van der Waals surface area contributed by atoms with Gasteiger partial charge in [-0.05, 0) is 25.7 Å². The van der Waals surface area contributed by atoms with Gasteiger partial charge in [0.15, 0.2) is 4.34 Å². The van der Waals surface area contributed by atoms with Gasteiger partial charge < -0.3 is 15.3 Å². The zero-order valence-corrected chi connectivity index (χ0v) is 15.8. The number of aromatic nitrogens is 2. The second kappa shape index (κ2) is 8.84. The minimum Gasteiger partial charge on any atom is -0.481 e. The van der Waals surface area contributed by atoms with E-state index in [0.29, 0.717) is 37.7 Å². The van der Waals surface area contributed by atoms with E-state index in [9.17, 15) is 9.59 Å². The molecule has 1 aliphatic carbocycles. The molecule has 25 heavy (non-hydrogen) atoms. The van der Waals surface area contributed by atoms with Gasteiger partial charge in [0.2, 0.25) is 11.0 Å². The van der Waals surface area contributed by atoms with E-state index in [1.165, 1.54) is 55.2 Å². The van der Waals surface area contributed by atoms with Crippen LogP contribution < -0.4 is 5.32 Å². The van der Waals surface area contributed by atoms with Gasteiger partial charge in [-0.25, -0.2) is 0 Å². The normalized spacial score (nSPS) is 19.8. The molecule has 1 aliphatic heterocycles. The van der Waals surface area contributed by atoms with Crippen LogP contribution >= 0.6 is 23.1 Å². The van der Waals surface area contributed by atoms with Crippen molar-refractivity contribution in [3.8, 4) is 0 Å². The predicted molar refractivity (Wildman–Crippen MR) is 98.1 cm³/mol. The first-order valence-electron chi connectivity index (χ1n) is 8.85. The Hall–Kier alpha value is -1.35. The fraction of sp³-hybridized carbons (Fsp3) is 0.750. The molecule has 0 bridgehead atoms. The zero-order valence-electron chi connectivity index (χ0n) is 14.1. The van der Waals surface area contributed by atoms with Crippen molar-refractivity contribution in [3.05, 3.63) is 0 Å². The number of nitrogens with zero attached hydrogens (tertiary/aromatic N) is 3. The number of carboxylic acids is 1. The molecule has 3 rings (SSSR count). The fourth-order valence-corrected chi connectivity index (χ4v) is 5.07. The van der Waals surface area contributed by atoms with Crippen LogP contribution in [0, 0.1) is 5.92 Å². The van der Waals surface area contributed by atoms with Crippen molar-refractivity contribution in [2.45, 2.75) is 55.3 Å². The van der Waals surface area contributed by atoms with Crippen LogP contribution in [0.2, 0.25) is 0 Å². The number of likely N-dealkylation sites (tertiary alicyclic amines) is 1. The highest BCUT2D eigenvalue weighted by molar-refractivity contribution is 8.01. The minimum atomic E-state index is -0.756. The van der Waals surface area contributed by atoms with E-state index in [4.69, 9.17) is 5.11 Å². The molecule has 1 saturated heterocycles. The molecular formula is C16H24N4O3S2. The molecule has 138 valence electrons. The largest absolute Gasteiger partial charge is 0.481 e. The summed E-state index contributed by atoms with van der Waals surface area (Å²) in [6, 6.07) is 0.497. The molecule has 2 fully saturated rings. The Bertz CT molecular complexity index is 596. The molecule has 0 atom stereocenters. The summed E-state index contributed by atoms with van der Waals surface area (Å²) in [5.74, 6) is -0.692. The van der Waals surface area contributed by atoms with E-state index in [0.717, 1.165) is 9.47 Å². The molecule has 2 N–H and O–H groups in total. The van der Waals surface area contributed by atoms with E-state index >= 15 is 0 Å². The van der Waals surface area contributed by atoms with Crippen molar-refractivity contribution in [1.82, 2.24) is 15.1 Å². The van der Waals surface area contributed by atoms with Crippen LogP contribution in [0.3, 0.4) is 0 Å². The highest BCUT2D eigenvalue weighted by Crippen LogP contribution is 2.29. The van der Waals surface area contributed by atoms with Crippen LogP contribution in [0.25, 0.3) is 0 Å². The summed E-state index contributed by atoms with van der Waals surface area (Å²) in [4.78, 5) is 25.0. The summed E-state index contributed by atoms with van der Waals surface area (Å²) in [6.45, 7) is 1.06. The first-order chi connectivity index (χ1) is 12.1. The van der Waals surface area contributed by atoms with Crippen molar-refractivity contribution < 1.29 is 14.7 Å². The topological polar surface area (TPSA) is 95.4 Å². The standard InChI is InChI=1S/C16H24N4O3S2/c21-13(20-8-6-11(7-9-20)14(22)23)10-24-16-19-18-15(25-16)17-12-4-2-1-3-5-12/h11-12H,1-10H2,(H,17,18)(H,22,23). The Labute approximate surface area is 155 Å². The number of thioether (sulfide) groups is 1. The summed E-state index contributed by atoms with van der Waals surface area (Å²) in [6.07, 6.45) is 7.32. The molecule has 0 spiro atoms. The van der Waals surface area contributed by atoms with Crippen LogP contribution in [0.15, 0.2) is 4.34 Å². The van der Waals surface area contributed by atoms with E-state index in [1.807, 2.05) is 0 Å². The minimum absolute atomic E-state index is 0.0471. The zero-order chi connectivity index (χ0) is 17.6. The lowest BCUT2D eigenvalue weighted by Gasteiger charge is -2.29. The summed E-state index contributed by atoms with van der Waals surface area (Å²) in [5.41, 5.74) is 0. The highest BCUT2D eigenvalue weighted by Gasteiger charge is 2.27. The quantitative estimate of drug-likeness (QED) is 0.728. The van der Waals surface area contributed by atoms with Gasteiger partial charge >= 0.3 is 5.97 Å². The van der Waals surface area contributed by atoms with Gasteiger partial charge in [0, 0.05) is 19.1 Å². The molecule has 0 radical (unpaired) electrons. The Kier molecular flexibility index (Phi) is 6.52. The number of carboxylic acid groups (broad SMARTS) is 1. The third-order valence-corrected chi connectivity index (χ3v) is 6.83. The average Bonchev–Trinajstić information content (AvgIpc) is 3.08. The van der Waals surface area contributed by atoms with E-state index < -0.39 is 5.97 Å². The second-order valence-corrected chi connectivity index (χ2v) is 8.83. The Morgan fingerprint density at radius 2 is 1.88 bits per heavy atom. The maximum atomic E-state index is 12.3. The third-order valence-electron chi connectivity index (χ3n) is 4.86. The lowest BCUT2D eigenvalue weighted by Crippen LogP contribution is -2.41. The Morgan fingerprint density at radius 1 is 1.16 bits per heavy atom. The van der Waals surface area contributed by atoms with Gasteiger partial charge in [-0.3, -0.25) is 9.59 Å². The van der Waals surface area contributed by atoms with Crippen molar-refractivity contribution in [3.63, 3.8) is 0 Å². The van der Waals surface area contributed by atoms with Crippen LogP contribution in [0.5, 0.6) is 0 Å². The lowest BCUT2D eigenvalue weighted by atomic mass is 9.96.